The van der Waals surface area contributed by atoms with E-state index < -0.39 is 34.4 Å². The van der Waals surface area contributed by atoms with Crippen LogP contribution in [0, 0.1) is 11.3 Å². The van der Waals surface area contributed by atoms with E-state index in [-0.39, 0.29) is 17.4 Å². The van der Waals surface area contributed by atoms with Crippen LogP contribution in [-0.4, -0.2) is 46.9 Å². The third-order valence-electron chi connectivity index (χ3n) is 6.54. The second-order valence-electron chi connectivity index (χ2n) is 8.98. The van der Waals surface area contributed by atoms with Crippen LogP contribution in [0.15, 0.2) is 36.5 Å². The van der Waals surface area contributed by atoms with Crippen LogP contribution in [0.5, 0.6) is 5.75 Å². The van der Waals surface area contributed by atoms with Crippen molar-refractivity contribution in [3.05, 3.63) is 47.8 Å². The molecule has 182 valence electrons. The molecule has 2 aromatic rings. The molecule has 35 heavy (non-hydrogen) atoms. The van der Waals surface area contributed by atoms with E-state index in [0.717, 1.165) is 23.6 Å². The Bertz CT molecular complexity index is 1240. The Morgan fingerprint density at radius 1 is 1.23 bits per heavy atom. The lowest BCUT2D eigenvalue weighted by Gasteiger charge is -2.43. The lowest BCUT2D eigenvalue weighted by molar-refractivity contribution is -0.138. The van der Waals surface area contributed by atoms with Crippen LogP contribution in [0.1, 0.15) is 30.5 Å². The molecule has 3 aliphatic rings. The molecular weight excluding hydrogens is 483 g/mol. The van der Waals surface area contributed by atoms with Gasteiger partial charge in [-0.1, -0.05) is 0 Å². The number of nitrogens with two attached hydrogens (primary N) is 1. The third kappa shape index (κ3) is 3.80. The molecule has 1 aromatic carbocycles. The monoisotopic (exact) mass is 503 g/mol. The average molecular weight is 504 g/mol. The number of halogens is 3. The Labute approximate surface area is 204 Å². The zero-order valence-corrected chi connectivity index (χ0v) is 19.2. The van der Waals surface area contributed by atoms with Gasteiger partial charge in [-0.3, -0.25) is 9.69 Å². The third-order valence-corrected chi connectivity index (χ3v) is 6.90. The molecule has 2 N–H and O–H groups in total. The predicted octanol–water partition coefficient (Wildman–Crippen LogP) is 3.14. The van der Waals surface area contributed by atoms with Gasteiger partial charge in [0.1, 0.15) is 24.0 Å². The van der Waals surface area contributed by atoms with Crippen LogP contribution >= 0.6 is 12.2 Å². The van der Waals surface area contributed by atoms with E-state index in [1.54, 1.807) is 29.2 Å². The van der Waals surface area contributed by atoms with Gasteiger partial charge in [-0.25, -0.2) is 4.98 Å². The van der Waals surface area contributed by atoms with Gasteiger partial charge >= 0.3 is 6.18 Å². The van der Waals surface area contributed by atoms with E-state index in [1.165, 1.54) is 6.07 Å². The van der Waals surface area contributed by atoms with E-state index in [4.69, 9.17) is 32.7 Å². The molecule has 1 spiro atoms. The molecule has 1 amide bonds. The van der Waals surface area contributed by atoms with E-state index >= 15 is 0 Å². The summed E-state index contributed by atoms with van der Waals surface area (Å²) in [7, 11) is 0. The van der Waals surface area contributed by atoms with Gasteiger partial charge in [0.25, 0.3) is 5.91 Å². The predicted molar refractivity (Wildman–Crippen MR) is 123 cm³/mol. The van der Waals surface area contributed by atoms with Gasteiger partial charge in [0, 0.05) is 5.69 Å². The van der Waals surface area contributed by atoms with E-state index in [0.29, 0.717) is 37.5 Å². The summed E-state index contributed by atoms with van der Waals surface area (Å²) in [6.07, 6.45) is -1.95. The standard InChI is InChI=1S/C23H20F3N5O3S/c24-23(25,26)17-8-15(10-29-18(17)9-27)30-19(32)22(6-1-7-22)31(20(30)35)14-2-4-16(5-3-14)34-13-21(28)11-33-12-21/h2-5,8,10H,1,6-7,11-13,28H2. The summed E-state index contributed by atoms with van der Waals surface area (Å²) in [6.45, 7) is 1.14. The van der Waals surface area contributed by atoms with E-state index in [1.807, 2.05) is 0 Å². The molecule has 12 heteroatoms. The van der Waals surface area contributed by atoms with Crippen molar-refractivity contribution < 1.29 is 27.4 Å². The molecule has 1 aromatic heterocycles. The Balaban J connectivity index is 1.45. The Kier molecular flexibility index (Phi) is 5.47. The molecular formula is C23H20F3N5O3S. The molecule has 2 aliphatic heterocycles. The number of hydrogen-bond acceptors (Lipinski definition) is 7. The first kappa shape index (κ1) is 23.5. The number of aromatic nitrogens is 1. The number of alkyl halides is 3. The van der Waals surface area contributed by atoms with Crippen LogP contribution in [0.4, 0.5) is 24.5 Å². The highest BCUT2D eigenvalue weighted by Gasteiger charge is 2.59. The highest BCUT2D eigenvalue weighted by atomic mass is 32.1. The van der Waals surface area contributed by atoms with Gasteiger partial charge in [-0.15, -0.1) is 0 Å². The summed E-state index contributed by atoms with van der Waals surface area (Å²) in [4.78, 5) is 19.9. The lowest BCUT2D eigenvalue weighted by atomic mass is 9.75. The highest BCUT2D eigenvalue weighted by Crippen LogP contribution is 2.48. The molecule has 0 bridgehead atoms. The number of carbonyl (C=O) groups is 1. The molecule has 3 fully saturated rings. The summed E-state index contributed by atoms with van der Waals surface area (Å²) in [5.74, 6) is 0.163. The first-order chi connectivity index (χ1) is 16.6. The van der Waals surface area contributed by atoms with Gasteiger partial charge < -0.3 is 20.1 Å². The Hall–Kier alpha value is -3.27. The van der Waals surface area contributed by atoms with Crippen LogP contribution in [0.25, 0.3) is 0 Å². The quantitative estimate of drug-likeness (QED) is 0.621. The number of thiocarbonyl (C=S) groups is 1. The van der Waals surface area contributed by atoms with Gasteiger partial charge in [-0.2, -0.15) is 18.4 Å². The number of hydrogen-bond donors (Lipinski definition) is 1. The Morgan fingerprint density at radius 2 is 1.91 bits per heavy atom. The summed E-state index contributed by atoms with van der Waals surface area (Å²) in [5, 5.41) is 9.09. The summed E-state index contributed by atoms with van der Waals surface area (Å²) in [6, 6.07) is 9.14. The van der Waals surface area contributed by atoms with Crippen molar-refractivity contribution in [3.8, 4) is 11.8 Å². The minimum atomic E-state index is -4.81. The minimum Gasteiger partial charge on any atom is -0.491 e. The van der Waals surface area contributed by atoms with Crippen LogP contribution in [-0.2, 0) is 15.7 Å². The largest absolute Gasteiger partial charge is 0.491 e. The maximum Gasteiger partial charge on any atom is 0.419 e. The van der Waals surface area contributed by atoms with Crippen LogP contribution in [0.3, 0.4) is 0 Å². The lowest BCUT2D eigenvalue weighted by Crippen LogP contribution is -2.61. The second kappa shape index (κ2) is 8.15. The first-order valence-corrected chi connectivity index (χ1v) is 11.2. The van der Waals surface area contributed by atoms with Gasteiger partial charge in [0.15, 0.2) is 10.8 Å². The number of benzene rings is 1. The number of carbonyl (C=O) groups excluding carboxylic acids is 1. The normalized spacial score (nSPS) is 20.4. The molecule has 1 saturated carbocycles. The first-order valence-electron chi connectivity index (χ1n) is 10.8. The van der Waals surface area contributed by atoms with Crippen molar-refractivity contribution in [2.24, 2.45) is 5.73 Å². The van der Waals surface area contributed by atoms with Crippen LogP contribution in [0.2, 0.25) is 0 Å². The topological polar surface area (TPSA) is 105 Å². The number of rotatable bonds is 5. The van der Waals surface area contributed by atoms with Crippen molar-refractivity contribution in [1.82, 2.24) is 4.98 Å². The number of amides is 1. The maximum absolute atomic E-state index is 13.5. The fourth-order valence-corrected chi connectivity index (χ4v) is 4.92. The minimum absolute atomic E-state index is 0.0514. The van der Waals surface area contributed by atoms with Gasteiger partial charge in [0.05, 0.1) is 36.2 Å². The Morgan fingerprint density at radius 3 is 2.43 bits per heavy atom. The summed E-state index contributed by atoms with van der Waals surface area (Å²) < 4.78 is 51.4. The fraction of sp³-hybridized carbons (Fsp3) is 0.391. The SMILES string of the molecule is N#Cc1ncc(N2C(=O)C3(CCC3)N(c3ccc(OCC4(N)COC4)cc3)C2=S)cc1C(F)(F)F. The van der Waals surface area contributed by atoms with E-state index in [2.05, 4.69) is 4.98 Å². The zero-order chi connectivity index (χ0) is 25.0. The molecule has 0 radical (unpaired) electrons. The zero-order valence-electron chi connectivity index (χ0n) is 18.3. The number of nitriles is 1. The molecule has 1 aliphatic carbocycles. The van der Waals surface area contributed by atoms with Crippen LogP contribution < -0.4 is 20.3 Å². The number of pyridine rings is 1. The van der Waals surface area contributed by atoms with Gasteiger partial charge in [0.2, 0.25) is 0 Å². The molecule has 2 saturated heterocycles. The summed E-state index contributed by atoms with van der Waals surface area (Å²) in [5.41, 5.74) is 3.11. The van der Waals surface area contributed by atoms with Gasteiger partial charge in [-0.05, 0) is 61.8 Å². The molecule has 8 nitrogen and oxygen atoms in total. The fourth-order valence-electron chi connectivity index (χ4n) is 4.46. The van der Waals surface area contributed by atoms with Crippen molar-refractivity contribution >= 4 is 34.6 Å². The van der Waals surface area contributed by atoms with Crippen molar-refractivity contribution in [2.45, 2.75) is 36.5 Å². The number of nitrogens with zero attached hydrogens (tertiary/aromatic N) is 4. The smallest absolute Gasteiger partial charge is 0.419 e. The number of ether oxygens (including phenoxy) is 2. The molecule has 0 unspecified atom stereocenters. The average Bonchev–Trinajstić information content (AvgIpc) is 3.02. The van der Waals surface area contributed by atoms with E-state index in [9.17, 15) is 18.0 Å². The molecule has 3 heterocycles. The van der Waals surface area contributed by atoms with Crippen molar-refractivity contribution in [2.75, 3.05) is 29.6 Å². The summed E-state index contributed by atoms with van der Waals surface area (Å²) >= 11 is 5.60. The second-order valence-corrected chi connectivity index (χ2v) is 9.35. The van der Waals surface area contributed by atoms with Crippen molar-refractivity contribution in [1.29, 1.82) is 5.26 Å². The number of anilines is 2. The molecule has 5 rings (SSSR count). The molecule has 0 atom stereocenters. The maximum atomic E-state index is 13.5. The highest BCUT2D eigenvalue weighted by molar-refractivity contribution is 7.81. The van der Waals surface area contributed by atoms with Crippen molar-refractivity contribution in [3.63, 3.8) is 0 Å².